The molecule has 1 aliphatic heterocycles. The fraction of sp³-hybridized carbons (Fsp3) is 0.250. The zero-order valence-electron chi connectivity index (χ0n) is 14.6. The summed E-state index contributed by atoms with van der Waals surface area (Å²) in [5.41, 5.74) is 4.51. The van der Waals surface area contributed by atoms with Crippen molar-refractivity contribution in [1.82, 2.24) is 25.4 Å². The molecular formula is C20H21N5O. The maximum atomic E-state index is 12.6. The van der Waals surface area contributed by atoms with Gasteiger partial charge >= 0.3 is 0 Å². The van der Waals surface area contributed by atoms with E-state index < -0.39 is 0 Å². The lowest BCUT2D eigenvalue weighted by atomic mass is 9.95. The van der Waals surface area contributed by atoms with Crippen molar-refractivity contribution < 1.29 is 4.79 Å². The van der Waals surface area contributed by atoms with Crippen LogP contribution in [0.3, 0.4) is 0 Å². The van der Waals surface area contributed by atoms with Gasteiger partial charge in [-0.05, 0) is 42.2 Å². The van der Waals surface area contributed by atoms with Crippen molar-refractivity contribution in [1.29, 1.82) is 0 Å². The Balaban J connectivity index is 1.40. The number of nitrogens with zero attached hydrogens (tertiary/aromatic N) is 3. The number of fused-ring (bicyclic) bond motifs is 1. The number of nitrogens with one attached hydrogen (secondary N) is 2. The Morgan fingerprint density at radius 1 is 1.19 bits per heavy atom. The molecule has 2 atom stereocenters. The zero-order valence-corrected chi connectivity index (χ0v) is 14.6. The van der Waals surface area contributed by atoms with Gasteiger partial charge in [-0.15, -0.1) is 0 Å². The van der Waals surface area contributed by atoms with Crippen LogP contribution in [0.4, 0.5) is 0 Å². The summed E-state index contributed by atoms with van der Waals surface area (Å²) in [5.74, 6) is 0.0346. The Kier molecular flexibility index (Phi) is 4.50. The van der Waals surface area contributed by atoms with Crippen LogP contribution in [0.1, 0.15) is 29.7 Å². The van der Waals surface area contributed by atoms with Crippen molar-refractivity contribution in [2.75, 3.05) is 0 Å². The molecule has 0 fully saturated rings. The molecule has 2 aromatic carbocycles. The van der Waals surface area contributed by atoms with E-state index in [9.17, 15) is 4.79 Å². The van der Waals surface area contributed by atoms with Gasteiger partial charge in [-0.25, -0.2) is 9.67 Å². The van der Waals surface area contributed by atoms with Crippen LogP contribution < -0.4 is 10.6 Å². The number of hydrogen-bond acceptors (Lipinski definition) is 4. The van der Waals surface area contributed by atoms with E-state index in [1.807, 2.05) is 43.3 Å². The van der Waals surface area contributed by atoms with Crippen molar-refractivity contribution in [3.63, 3.8) is 0 Å². The predicted octanol–water partition coefficient (Wildman–Crippen LogP) is 2.16. The van der Waals surface area contributed by atoms with Crippen molar-refractivity contribution >= 4 is 5.91 Å². The normalized spacial score (nSPS) is 17.3. The van der Waals surface area contributed by atoms with Gasteiger partial charge in [0.2, 0.25) is 5.91 Å². The minimum absolute atomic E-state index is 0.0346. The summed E-state index contributed by atoms with van der Waals surface area (Å²) in [5, 5.41) is 10.6. The van der Waals surface area contributed by atoms with Crippen LogP contribution >= 0.6 is 0 Å². The third kappa shape index (κ3) is 3.36. The van der Waals surface area contributed by atoms with E-state index >= 15 is 0 Å². The molecule has 0 spiro atoms. The molecule has 1 aromatic heterocycles. The van der Waals surface area contributed by atoms with Gasteiger partial charge in [0, 0.05) is 6.54 Å². The van der Waals surface area contributed by atoms with Gasteiger partial charge in [-0.1, -0.05) is 36.4 Å². The first-order chi connectivity index (χ1) is 12.7. The van der Waals surface area contributed by atoms with Gasteiger partial charge in [0.25, 0.3) is 0 Å². The molecular weight excluding hydrogens is 326 g/mol. The van der Waals surface area contributed by atoms with Crippen LogP contribution in [0.15, 0.2) is 61.2 Å². The molecule has 132 valence electrons. The molecule has 0 bridgehead atoms. The lowest BCUT2D eigenvalue weighted by Crippen LogP contribution is -2.48. The Bertz CT molecular complexity index is 889. The van der Waals surface area contributed by atoms with Gasteiger partial charge in [-0.2, -0.15) is 5.10 Å². The topological polar surface area (TPSA) is 71.8 Å². The molecule has 4 rings (SSSR count). The first-order valence-corrected chi connectivity index (χ1v) is 8.76. The molecule has 1 unspecified atom stereocenters. The SMILES string of the molecule is CC(NC(=O)[C@@H]1Cc2ccccc2CN1)c1ccc(-n2cncn2)cc1. The summed E-state index contributed by atoms with van der Waals surface area (Å²) in [6, 6.07) is 16.0. The van der Waals surface area contributed by atoms with E-state index in [4.69, 9.17) is 0 Å². The molecule has 2 heterocycles. The van der Waals surface area contributed by atoms with Gasteiger partial charge in [0.15, 0.2) is 0 Å². The third-order valence-corrected chi connectivity index (χ3v) is 4.83. The largest absolute Gasteiger partial charge is 0.348 e. The van der Waals surface area contributed by atoms with E-state index in [1.165, 1.54) is 17.5 Å². The Morgan fingerprint density at radius 2 is 1.96 bits per heavy atom. The minimum atomic E-state index is -0.193. The first kappa shape index (κ1) is 16.5. The highest BCUT2D eigenvalue weighted by molar-refractivity contribution is 5.82. The number of carbonyl (C=O) groups is 1. The second-order valence-electron chi connectivity index (χ2n) is 6.57. The monoisotopic (exact) mass is 347 g/mol. The average molecular weight is 347 g/mol. The summed E-state index contributed by atoms with van der Waals surface area (Å²) in [6.07, 6.45) is 3.89. The van der Waals surface area contributed by atoms with Crippen molar-refractivity contribution in [3.8, 4) is 5.69 Å². The van der Waals surface area contributed by atoms with Crippen molar-refractivity contribution in [2.24, 2.45) is 0 Å². The molecule has 0 saturated heterocycles. The van der Waals surface area contributed by atoms with E-state index in [-0.39, 0.29) is 18.0 Å². The molecule has 0 radical (unpaired) electrons. The Hall–Kier alpha value is -2.99. The molecule has 6 heteroatoms. The summed E-state index contributed by atoms with van der Waals surface area (Å²) in [6.45, 7) is 2.73. The summed E-state index contributed by atoms with van der Waals surface area (Å²) in [4.78, 5) is 16.6. The minimum Gasteiger partial charge on any atom is -0.348 e. The van der Waals surface area contributed by atoms with E-state index in [0.29, 0.717) is 0 Å². The molecule has 6 nitrogen and oxygen atoms in total. The number of benzene rings is 2. The summed E-state index contributed by atoms with van der Waals surface area (Å²) < 4.78 is 1.70. The molecule has 1 aliphatic rings. The van der Waals surface area contributed by atoms with Crippen molar-refractivity contribution in [2.45, 2.75) is 32.0 Å². The molecule has 0 saturated carbocycles. The second-order valence-corrected chi connectivity index (χ2v) is 6.57. The maximum absolute atomic E-state index is 12.6. The summed E-state index contributed by atoms with van der Waals surface area (Å²) >= 11 is 0. The highest BCUT2D eigenvalue weighted by atomic mass is 16.2. The standard InChI is InChI=1S/C20H21N5O/c1-14(15-6-8-18(9-7-15)25-13-21-12-23-25)24-20(26)19-10-16-4-2-3-5-17(16)11-22-19/h2-9,12-14,19,22H,10-11H2,1H3,(H,24,26)/t14?,19-/m0/s1. The van der Waals surface area contributed by atoms with Crippen LogP contribution in [0.5, 0.6) is 0 Å². The van der Waals surface area contributed by atoms with E-state index in [1.54, 1.807) is 11.0 Å². The number of aromatic nitrogens is 3. The Labute approximate surface area is 152 Å². The van der Waals surface area contributed by atoms with Gasteiger partial charge in [0.05, 0.1) is 17.8 Å². The highest BCUT2D eigenvalue weighted by Crippen LogP contribution is 2.18. The third-order valence-electron chi connectivity index (χ3n) is 4.83. The molecule has 2 N–H and O–H groups in total. The fourth-order valence-corrected chi connectivity index (χ4v) is 3.29. The summed E-state index contributed by atoms with van der Waals surface area (Å²) in [7, 11) is 0. The van der Waals surface area contributed by atoms with Crippen LogP contribution in [0, 0.1) is 0 Å². The van der Waals surface area contributed by atoms with Gasteiger partial charge < -0.3 is 10.6 Å². The van der Waals surface area contributed by atoms with E-state index in [2.05, 4.69) is 32.8 Å². The Morgan fingerprint density at radius 3 is 2.69 bits per heavy atom. The second kappa shape index (κ2) is 7.09. The maximum Gasteiger partial charge on any atom is 0.237 e. The number of amides is 1. The smallest absolute Gasteiger partial charge is 0.237 e. The molecule has 0 aliphatic carbocycles. The molecule has 3 aromatic rings. The molecule has 1 amide bonds. The first-order valence-electron chi connectivity index (χ1n) is 8.76. The van der Waals surface area contributed by atoms with Crippen LogP contribution in [0.2, 0.25) is 0 Å². The highest BCUT2D eigenvalue weighted by Gasteiger charge is 2.24. The average Bonchev–Trinajstić information content (AvgIpc) is 3.22. The lowest BCUT2D eigenvalue weighted by Gasteiger charge is -2.26. The van der Waals surface area contributed by atoms with Crippen LogP contribution in [-0.4, -0.2) is 26.7 Å². The quantitative estimate of drug-likeness (QED) is 0.759. The number of carbonyl (C=O) groups excluding carboxylic acids is 1. The number of hydrogen-bond donors (Lipinski definition) is 2. The van der Waals surface area contributed by atoms with E-state index in [0.717, 1.165) is 24.2 Å². The van der Waals surface area contributed by atoms with Crippen LogP contribution in [0.25, 0.3) is 5.69 Å². The molecule has 26 heavy (non-hydrogen) atoms. The van der Waals surface area contributed by atoms with Crippen LogP contribution in [-0.2, 0) is 17.8 Å². The van der Waals surface area contributed by atoms with Gasteiger partial charge in [-0.3, -0.25) is 4.79 Å². The fourth-order valence-electron chi connectivity index (χ4n) is 3.29. The number of rotatable bonds is 4. The predicted molar refractivity (Wildman–Crippen MR) is 98.7 cm³/mol. The lowest BCUT2D eigenvalue weighted by molar-refractivity contribution is -0.124. The van der Waals surface area contributed by atoms with Crippen molar-refractivity contribution in [3.05, 3.63) is 77.9 Å². The van der Waals surface area contributed by atoms with Gasteiger partial charge in [0.1, 0.15) is 12.7 Å². The zero-order chi connectivity index (χ0) is 17.9.